The van der Waals surface area contributed by atoms with Gasteiger partial charge in [0.15, 0.2) is 5.78 Å². The first-order chi connectivity index (χ1) is 8.69. The van der Waals surface area contributed by atoms with Crippen molar-refractivity contribution < 1.29 is 4.79 Å². The van der Waals surface area contributed by atoms with Crippen molar-refractivity contribution in [2.45, 2.75) is 71.4 Å². The number of carbonyl (C=O) groups excluding carboxylic acids is 1. The molecule has 1 aliphatic heterocycles. The van der Waals surface area contributed by atoms with Crippen LogP contribution in [0, 0.1) is 0 Å². The third-order valence-corrected chi connectivity index (χ3v) is 4.05. The Labute approximate surface area is 112 Å². The number of rotatable bonds is 6. The molecular formula is C15H30N2O. The van der Waals surface area contributed by atoms with Gasteiger partial charge >= 0.3 is 0 Å². The number of carbonyl (C=O) groups is 1. The van der Waals surface area contributed by atoms with E-state index in [2.05, 4.69) is 24.1 Å². The molecule has 0 aliphatic carbocycles. The summed E-state index contributed by atoms with van der Waals surface area (Å²) in [7, 11) is 0. The van der Waals surface area contributed by atoms with Crippen molar-refractivity contribution in [2.75, 3.05) is 19.6 Å². The lowest BCUT2D eigenvalue weighted by atomic mass is 10.0. The fourth-order valence-corrected chi connectivity index (χ4v) is 2.79. The van der Waals surface area contributed by atoms with Gasteiger partial charge in [-0.05, 0) is 32.9 Å². The van der Waals surface area contributed by atoms with Gasteiger partial charge < -0.3 is 5.32 Å². The van der Waals surface area contributed by atoms with Crippen LogP contribution in [-0.4, -0.2) is 42.4 Å². The number of ketones is 1. The molecule has 1 heterocycles. The van der Waals surface area contributed by atoms with E-state index >= 15 is 0 Å². The van der Waals surface area contributed by atoms with Crippen LogP contribution in [0.15, 0.2) is 0 Å². The Hall–Kier alpha value is -0.410. The molecule has 18 heavy (non-hydrogen) atoms. The van der Waals surface area contributed by atoms with Crippen molar-refractivity contribution in [1.82, 2.24) is 10.2 Å². The maximum atomic E-state index is 11.9. The summed E-state index contributed by atoms with van der Waals surface area (Å²) in [6.07, 6.45) is 7.26. The molecule has 1 rings (SSSR count). The Kier molecular flexibility index (Phi) is 7.52. The average molecular weight is 254 g/mol. The van der Waals surface area contributed by atoms with Crippen molar-refractivity contribution in [3.05, 3.63) is 0 Å². The minimum atomic E-state index is 0.0295. The molecule has 3 heteroatoms. The van der Waals surface area contributed by atoms with E-state index in [1.165, 1.54) is 32.1 Å². The van der Waals surface area contributed by atoms with Crippen molar-refractivity contribution >= 4 is 5.78 Å². The first kappa shape index (κ1) is 15.6. The summed E-state index contributed by atoms with van der Waals surface area (Å²) in [5.41, 5.74) is 0. The highest BCUT2D eigenvalue weighted by molar-refractivity contribution is 5.83. The third-order valence-electron chi connectivity index (χ3n) is 4.05. The van der Waals surface area contributed by atoms with Gasteiger partial charge in [0.25, 0.3) is 0 Å². The van der Waals surface area contributed by atoms with E-state index < -0.39 is 0 Å². The van der Waals surface area contributed by atoms with Crippen LogP contribution >= 0.6 is 0 Å². The number of nitrogens with zero attached hydrogens (tertiary/aromatic N) is 1. The number of nitrogens with one attached hydrogen (secondary N) is 1. The highest BCUT2D eigenvalue weighted by Gasteiger charge is 2.22. The lowest BCUT2D eigenvalue weighted by Crippen LogP contribution is -2.49. The lowest BCUT2D eigenvalue weighted by molar-refractivity contribution is -0.121. The maximum absolute atomic E-state index is 11.9. The fraction of sp³-hybridized carbons (Fsp3) is 0.933. The smallest absolute Gasteiger partial charge is 0.150 e. The van der Waals surface area contributed by atoms with E-state index in [9.17, 15) is 4.79 Å². The van der Waals surface area contributed by atoms with Gasteiger partial charge in [0, 0.05) is 19.0 Å². The summed E-state index contributed by atoms with van der Waals surface area (Å²) < 4.78 is 0. The summed E-state index contributed by atoms with van der Waals surface area (Å²) in [5, 5.41) is 3.35. The zero-order valence-electron chi connectivity index (χ0n) is 12.4. The van der Waals surface area contributed by atoms with Crippen LogP contribution in [-0.2, 0) is 4.79 Å². The van der Waals surface area contributed by atoms with Gasteiger partial charge in [-0.2, -0.15) is 0 Å². The topological polar surface area (TPSA) is 32.3 Å². The normalized spacial score (nSPS) is 24.3. The highest BCUT2D eigenvalue weighted by Crippen LogP contribution is 2.16. The lowest BCUT2D eigenvalue weighted by Gasteiger charge is -2.33. The van der Waals surface area contributed by atoms with Crippen LogP contribution in [0.3, 0.4) is 0 Å². The molecule has 2 atom stereocenters. The van der Waals surface area contributed by atoms with Crippen molar-refractivity contribution in [3.8, 4) is 0 Å². The van der Waals surface area contributed by atoms with E-state index in [1.54, 1.807) is 0 Å². The van der Waals surface area contributed by atoms with Gasteiger partial charge in [0.2, 0.25) is 0 Å². The molecule has 0 spiro atoms. The van der Waals surface area contributed by atoms with E-state index in [1.807, 2.05) is 6.92 Å². The molecule has 106 valence electrons. The summed E-state index contributed by atoms with van der Waals surface area (Å²) in [4.78, 5) is 14.5. The molecule has 0 aromatic heterocycles. The van der Waals surface area contributed by atoms with Crippen molar-refractivity contribution in [2.24, 2.45) is 0 Å². The molecule has 0 saturated carbocycles. The van der Waals surface area contributed by atoms with Gasteiger partial charge in [0.1, 0.15) is 0 Å². The molecule has 1 N–H and O–H groups in total. The second-order valence-electron chi connectivity index (χ2n) is 5.48. The number of likely N-dealkylation sites (N-methyl/N-ethyl adjacent to an activating group) is 1. The predicted octanol–water partition coefficient (Wildman–Crippen LogP) is 2.60. The first-order valence-corrected chi connectivity index (χ1v) is 7.69. The zero-order chi connectivity index (χ0) is 13.4. The third kappa shape index (κ3) is 5.07. The molecule has 3 nitrogen and oxygen atoms in total. The van der Waals surface area contributed by atoms with Crippen LogP contribution in [0.2, 0.25) is 0 Å². The van der Waals surface area contributed by atoms with Crippen LogP contribution < -0.4 is 5.32 Å². The number of hydrogen-bond acceptors (Lipinski definition) is 3. The molecule has 1 saturated heterocycles. The number of hydrogen-bond donors (Lipinski definition) is 1. The van der Waals surface area contributed by atoms with E-state index in [0.717, 1.165) is 19.6 Å². The quantitative estimate of drug-likeness (QED) is 0.791. The Bertz CT molecular complexity index is 243. The minimum absolute atomic E-state index is 0.0295. The Morgan fingerprint density at radius 2 is 2.00 bits per heavy atom. The van der Waals surface area contributed by atoms with E-state index in [4.69, 9.17) is 0 Å². The molecule has 0 radical (unpaired) electrons. The summed E-state index contributed by atoms with van der Waals surface area (Å²) in [6.45, 7) is 9.27. The summed E-state index contributed by atoms with van der Waals surface area (Å²) >= 11 is 0. The standard InChI is InChI=1S/C15H30N2O/c1-4-15(18)14(16-5-2)12-17-11-9-7-6-8-10-13(17)3/h13-14,16H,4-12H2,1-3H3. The molecule has 1 fully saturated rings. The number of Topliss-reactive ketones (excluding diaryl/α,β-unsaturated/α-hetero) is 1. The molecule has 0 bridgehead atoms. The second kappa shape index (κ2) is 8.65. The summed E-state index contributed by atoms with van der Waals surface area (Å²) in [5.74, 6) is 0.353. The molecular weight excluding hydrogens is 224 g/mol. The zero-order valence-corrected chi connectivity index (χ0v) is 12.4. The van der Waals surface area contributed by atoms with Crippen molar-refractivity contribution in [3.63, 3.8) is 0 Å². The summed E-state index contributed by atoms with van der Waals surface area (Å²) in [6, 6.07) is 0.651. The first-order valence-electron chi connectivity index (χ1n) is 7.69. The highest BCUT2D eigenvalue weighted by atomic mass is 16.1. The van der Waals surface area contributed by atoms with Crippen molar-refractivity contribution in [1.29, 1.82) is 0 Å². The Morgan fingerprint density at radius 1 is 1.28 bits per heavy atom. The molecule has 0 aromatic rings. The SMILES string of the molecule is CCNC(CN1CCCCCCC1C)C(=O)CC. The largest absolute Gasteiger partial charge is 0.307 e. The van der Waals surface area contributed by atoms with Gasteiger partial charge in [-0.3, -0.25) is 9.69 Å². The van der Waals surface area contributed by atoms with E-state index in [0.29, 0.717) is 18.2 Å². The predicted molar refractivity (Wildman–Crippen MR) is 76.9 cm³/mol. The monoisotopic (exact) mass is 254 g/mol. The van der Waals surface area contributed by atoms with Gasteiger partial charge in [-0.1, -0.05) is 33.1 Å². The van der Waals surface area contributed by atoms with Crippen LogP contribution in [0.1, 0.15) is 59.3 Å². The Balaban J connectivity index is 2.55. The molecule has 1 aliphatic rings. The van der Waals surface area contributed by atoms with Gasteiger partial charge in [-0.25, -0.2) is 0 Å². The van der Waals surface area contributed by atoms with E-state index in [-0.39, 0.29) is 6.04 Å². The second-order valence-corrected chi connectivity index (χ2v) is 5.48. The van der Waals surface area contributed by atoms with Gasteiger partial charge in [-0.15, -0.1) is 0 Å². The fourth-order valence-electron chi connectivity index (χ4n) is 2.79. The minimum Gasteiger partial charge on any atom is -0.307 e. The van der Waals surface area contributed by atoms with Crippen LogP contribution in [0.25, 0.3) is 0 Å². The van der Waals surface area contributed by atoms with Crippen LogP contribution in [0.5, 0.6) is 0 Å². The molecule has 0 aromatic carbocycles. The number of likely N-dealkylation sites (tertiary alicyclic amines) is 1. The average Bonchev–Trinajstić information content (AvgIpc) is 2.36. The Morgan fingerprint density at radius 3 is 2.67 bits per heavy atom. The molecule has 2 unspecified atom stereocenters. The van der Waals surface area contributed by atoms with Crippen LogP contribution in [0.4, 0.5) is 0 Å². The molecule has 0 amide bonds. The van der Waals surface area contributed by atoms with Gasteiger partial charge in [0.05, 0.1) is 6.04 Å². The maximum Gasteiger partial charge on any atom is 0.150 e.